The minimum atomic E-state index is -3.74. The summed E-state index contributed by atoms with van der Waals surface area (Å²) in [6.45, 7) is 0.353. The van der Waals surface area contributed by atoms with Crippen molar-refractivity contribution in [2.24, 2.45) is 0 Å². The summed E-state index contributed by atoms with van der Waals surface area (Å²) < 4.78 is 48.7. The Morgan fingerprint density at radius 3 is 2.55 bits per heavy atom. The van der Waals surface area contributed by atoms with Gasteiger partial charge in [0.15, 0.2) is 11.5 Å². The maximum absolute atomic E-state index is 13.7. The molecule has 0 fully saturated rings. The number of rotatable bonds is 5. The van der Waals surface area contributed by atoms with Gasteiger partial charge < -0.3 is 20.1 Å². The predicted octanol–water partition coefficient (Wildman–Crippen LogP) is 4.41. The first-order valence-corrected chi connectivity index (χ1v) is 8.53. The monoisotopic (exact) mass is 401 g/mol. The Morgan fingerprint density at radius 1 is 1.00 bits per heavy atom. The van der Waals surface area contributed by atoms with Gasteiger partial charge in [-0.05, 0) is 48.0 Å². The second kappa shape index (κ2) is 7.34. The van der Waals surface area contributed by atoms with Gasteiger partial charge in [0.1, 0.15) is 5.82 Å². The molecule has 0 saturated carbocycles. The smallest absolute Gasteiger partial charge is 0.395 e. The Morgan fingerprint density at radius 2 is 1.76 bits per heavy atom. The fourth-order valence-corrected chi connectivity index (χ4v) is 2.78. The zero-order valence-corrected chi connectivity index (χ0v) is 14.8. The molecule has 0 aliphatic carbocycles. The van der Waals surface area contributed by atoms with Crippen LogP contribution < -0.4 is 20.1 Å². The van der Waals surface area contributed by atoms with Crippen LogP contribution in [0.1, 0.15) is 15.9 Å². The molecule has 0 atom stereocenters. The van der Waals surface area contributed by atoms with Crippen molar-refractivity contribution in [2.45, 2.75) is 12.8 Å². The number of halogens is 3. The molecule has 1 aliphatic heterocycles. The van der Waals surface area contributed by atoms with Gasteiger partial charge in [0.05, 0.1) is 11.3 Å². The van der Waals surface area contributed by atoms with Gasteiger partial charge in [-0.3, -0.25) is 9.78 Å². The fraction of sp³-hybridized carbons (Fsp3) is 0.100. The lowest BCUT2D eigenvalue weighted by Crippen LogP contribution is -2.25. The number of carbonyl (C=O) groups is 1. The van der Waals surface area contributed by atoms with E-state index in [2.05, 4.69) is 25.1 Å². The van der Waals surface area contributed by atoms with E-state index in [1.807, 2.05) is 0 Å². The normalized spacial score (nSPS) is 13.8. The third-order valence-electron chi connectivity index (χ3n) is 4.12. The SMILES string of the molecule is O=C(Nc1ccc2c(c1)OC(F)(F)O2)c1ccc(F)cc1NCc1ccncc1. The minimum absolute atomic E-state index is 0.130. The van der Waals surface area contributed by atoms with Crippen molar-refractivity contribution in [2.75, 3.05) is 10.6 Å². The van der Waals surface area contributed by atoms with Gasteiger partial charge in [0.25, 0.3) is 5.91 Å². The molecule has 0 bridgehead atoms. The van der Waals surface area contributed by atoms with Crippen molar-refractivity contribution in [1.29, 1.82) is 0 Å². The second-order valence-corrected chi connectivity index (χ2v) is 6.18. The second-order valence-electron chi connectivity index (χ2n) is 6.18. The van der Waals surface area contributed by atoms with E-state index in [9.17, 15) is 18.0 Å². The summed E-state index contributed by atoms with van der Waals surface area (Å²) >= 11 is 0. The van der Waals surface area contributed by atoms with Crippen molar-refractivity contribution in [3.63, 3.8) is 0 Å². The molecule has 1 amide bonds. The van der Waals surface area contributed by atoms with Crippen LogP contribution in [0.2, 0.25) is 0 Å². The largest absolute Gasteiger partial charge is 0.586 e. The van der Waals surface area contributed by atoms with E-state index in [4.69, 9.17) is 0 Å². The highest BCUT2D eigenvalue weighted by Gasteiger charge is 2.43. The average molecular weight is 401 g/mol. The molecule has 3 aromatic rings. The summed E-state index contributed by atoms with van der Waals surface area (Å²) in [6, 6.07) is 11.2. The molecule has 6 nitrogen and oxygen atoms in total. The number of hydrogen-bond acceptors (Lipinski definition) is 5. The number of nitrogens with zero attached hydrogens (tertiary/aromatic N) is 1. The molecular formula is C20H14F3N3O3. The van der Waals surface area contributed by atoms with E-state index >= 15 is 0 Å². The zero-order chi connectivity index (χ0) is 20.4. The Balaban J connectivity index is 1.52. The number of nitrogens with one attached hydrogen (secondary N) is 2. The van der Waals surface area contributed by atoms with Crippen LogP contribution in [-0.4, -0.2) is 17.2 Å². The Kier molecular flexibility index (Phi) is 4.71. The number of amides is 1. The van der Waals surface area contributed by atoms with Gasteiger partial charge in [-0.1, -0.05) is 0 Å². The summed E-state index contributed by atoms with van der Waals surface area (Å²) in [4.78, 5) is 16.6. The van der Waals surface area contributed by atoms with Gasteiger partial charge in [-0.25, -0.2) is 4.39 Å². The number of alkyl halides is 2. The van der Waals surface area contributed by atoms with Crippen molar-refractivity contribution < 1.29 is 27.4 Å². The third-order valence-corrected chi connectivity index (χ3v) is 4.12. The molecule has 1 aliphatic rings. The van der Waals surface area contributed by atoms with Crippen molar-refractivity contribution in [3.8, 4) is 11.5 Å². The molecule has 9 heteroatoms. The number of aromatic nitrogens is 1. The van der Waals surface area contributed by atoms with E-state index in [1.54, 1.807) is 24.5 Å². The predicted molar refractivity (Wildman–Crippen MR) is 98.6 cm³/mol. The zero-order valence-electron chi connectivity index (χ0n) is 14.8. The number of anilines is 2. The maximum Gasteiger partial charge on any atom is 0.586 e. The molecule has 4 rings (SSSR count). The standard InChI is InChI=1S/C20H14F3N3O3/c21-13-1-3-15(16(9-13)25-11-12-5-7-24-8-6-12)19(27)26-14-2-4-17-18(10-14)29-20(22,23)28-17/h1-10,25H,11H2,(H,26,27). The van der Waals surface area contributed by atoms with Gasteiger partial charge in [-0.15, -0.1) is 8.78 Å². The first-order chi connectivity index (χ1) is 13.9. The van der Waals surface area contributed by atoms with Crippen molar-refractivity contribution >= 4 is 17.3 Å². The van der Waals surface area contributed by atoms with Gasteiger partial charge in [0.2, 0.25) is 0 Å². The Labute approximate surface area is 163 Å². The van der Waals surface area contributed by atoms with E-state index < -0.39 is 18.0 Å². The highest BCUT2D eigenvalue weighted by atomic mass is 19.3. The lowest BCUT2D eigenvalue weighted by Gasteiger charge is -2.13. The summed E-state index contributed by atoms with van der Waals surface area (Å²) in [6.07, 6.45) is -0.495. The number of benzene rings is 2. The quantitative estimate of drug-likeness (QED) is 0.663. The molecular weight excluding hydrogens is 387 g/mol. The van der Waals surface area contributed by atoms with Crippen LogP contribution in [-0.2, 0) is 6.54 Å². The van der Waals surface area contributed by atoms with Gasteiger partial charge in [-0.2, -0.15) is 0 Å². The van der Waals surface area contributed by atoms with Crippen molar-refractivity contribution in [1.82, 2.24) is 4.98 Å². The topological polar surface area (TPSA) is 72.5 Å². The van der Waals surface area contributed by atoms with Gasteiger partial charge >= 0.3 is 6.29 Å². The number of pyridine rings is 1. The highest BCUT2D eigenvalue weighted by Crippen LogP contribution is 2.42. The van der Waals surface area contributed by atoms with Crippen LogP contribution in [0.25, 0.3) is 0 Å². The van der Waals surface area contributed by atoms with Crippen LogP contribution in [0.5, 0.6) is 11.5 Å². The molecule has 0 radical (unpaired) electrons. The number of carbonyl (C=O) groups excluding carboxylic acids is 1. The molecule has 0 saturated heterocycles. The first-order valence-electron chi connectivity index (χ1n) is 8.53. The summed E-state index contributed by atoms with van der Waals surface area (Å²) in [5.41, 5.74) is 1.59. The van der Waals surface area contributed by atoms with Crippen LogP contribution in [0, 0.1) is 5.82 Å². The molecule has 2 N–H and O–H groups in total. The van der Waals surface area contributed by atoms with E-state index in [-0.39, 0.29) is 28.4 Å². The number of fused-ring (bicyclic) bond motifs is 1. The Bertz CT molecular complexity index is 1060. The summed E-state index contributed by atoms with van der Waals surface area (Å²) in [5.74, 6) is -1.38. The highest BCUT2D eigenvalue weighted by molar-refractivity contribution is 6.08. The van der Waals surface area contributed by atoms with E-state index in [0.29, 0.717) is 6.54 Å². The van der Waals surface area contributed by atoms with Crippen LogP contribution in [0.4, 0.5) is 24.5 Å². The average Bonchev–Trinajstić information content (AvgIpc) is 3.00. The Hall–Kier alpha value is -3.75. The number of ether oxygens (including phenoxy) is 2. The molecule has 29 heavy (non-hydrogen) atoms. The maximum atomic E-state index is 13.7. The first kappa shape index (κ1) is 18.6. The molecule has 0 spiro atoms. The molecule has 1 aromatic heterocycles. The molecule has 148 valence electrons. The van der Waals surface area contributed by atoms with Gasteiger partial charge in [0, 0.05) is 30.7 Å². The summed E-state index contributed by atoms with van der Waals surface area (Å²) in [5, 5.41) is 5.60. The lowest BCUT2D eigenvalue weighted by atomic mass is 10.1. The minimum Gasteiger partial charge on any atom is -0.395 e. The van der Waals surface area contributed by atoms with Crippen LogP contribution >= 0.6 is 0 Å². The van der Waals surface area contributed by atoms with Crippen LogP contribution in [0.15, 0.2) is 60.9 Å². The summed E-state index contributed by atoms with van der Waals surface area (Å²) in [7, 11) is 0. The molecule has 2 aromatic carbocycles. The van der Waals surface area contributed by atoms with E-state index in [0.717, 1.165) is 11.6 Å². The fourth-order valence-electron chi connectivity index (χ4n) is 2.78. The lowest BCUT2D eigenvalue weighted by molar-refractivity contribution is -0.286. The number of hydrogen-bond donors (Lipinski definition) is 2. The third kappa shape index (κ3) is 4.23. The van der Waals surface area contributed by atoms with Crippen LogP contribution in [0.3, 0.4) is 0 Å². The van der Waals surface area contributed by atoms with Crippen molar-refractivity contribution in [3.05, 3.63) is 77.9 Å². The molecule has 2 heterocycles. The molecule has 0 unspecified atom stereocenters. The van der Waals surface area contributed by atoms with E-state index in [1.165, 1.54) is 30.3 Å².